The van der Waals surface area contributed by atoms with Gasteiger partial charge in [-0.25, -0.2) is 0 Å². The minimum absolute atomic E-state index is 0.0575. The van der Waals surface area contributed by atoms with Crippen molar-refractivity contribution in [2.75, 3.05) is 19.7 Å². The summed E-state index contributed by atoms with van der Waals surface area (Å²) in [7, 11) is 0. The van der Waals surface area contributed by atoms with Crippen molar-refractivity contribution >= 4 is 11.8 Å². The standard InChI is InChI=1S/C15H17F3N2O3/c16-15(17,18)9-20-14(22)7-13(21)19-8-10-5-6-23-12-4-2-1-3-11(10)12/h1-4,10H,5-9H2,(H,19,21)(H,20,22)/t10-/m0/s1. The molecule has 0 aromatic heterocycles. The van der Waals surface area contributed by atoms with Crippen LogP contribution in [0.15, 0.2) is 24.3 Å². The molecule has 1 aromatic carbocycles. The van der Waals surface area contributed by atoms with Gasteiger partial charge in [-0.05, 0) is 18.1 Å². The highest BCUT2D eigenvalue weighted by molar-refractivity contribution is 5.96. The third-order valence-corrected chi connectivity index (χ3v) is 3.44. The highest BCUT2D eigenvalue weighted by Gasteiger charge is 2.28. The summed E-state index contributed by atoms with van der Waals surface area (Å²) in [5.41, 5.74) is 0.973. The molecule has 0 bridgehead atoms. The number of halogens is 3. The van der Waals surface area contributed by atoms with Gasteiger partial charge in [0.05, 0.1) is 6.61 Å². The highest BCUT2D eigenvalue weighted by atomic mass is 19.4. The van der Waals surface area contributed by atoms with E-state index in [-0.39, 0.29) is 5.92 Å². The number of carbonyl (C=O) groups is 2. The number of ether oxygens (including phenoxy) is 1. The monoisotopic (exact) mass is 330 g/mol. The van der Waals surface area contributed by atoms with E-state index in [4.69, 9.17) is 4.74 Å². The molecule has 0 aliphatic carbocycles. The molecule has 8 heteroatoms. The minimum Gasteiger partial charge on any atom is -0.493 e. The number of carbonyl (C=O) groups excluding carboxylic acids is 2. The molecule has 0 unspecified atom stereocenters. The van der Waals surface area contributed by atoms with Gasteiger partial charge < -0.3 is 15.4 Å². The Balaban J connectivity index is 1.78. The number of benzene rings is 1. The summed E-state index contributed by atoms with van der Waals surface area (Å²) < 4.78 is 41.4. The van der Waals surface area contributed by atoms with Crippen molar-refractivity contribution < 1.29 is 27.5 Å². The van der Waals surface area contributed by atoms with Gasteiger partial charge in [0.15, 0.2) is 0 Å². The summed E-state index contributed by atoms with van der Waals surface area (Å²) in [5, 5.41) is 4.25. The zero-order valence-corrected chi connectivity index (χ0v) is 12.3. The number of rotatable bonds is 5. The van der Waals surface area contributed by atoms with E-state index in [1.807, 2.05) is 24.3 Å². The summed E-state index contributed by atoms with van der Waals surface area (Å²) in [5.74, 6) is -0.732. The van der Waals surface area contributed by atoms with Crippen LogP contribution in [0.2, 0.25) is 0 Å². The van der Waals surface area contributed by atoms with Gasteiger partial charge in [0, 0.05) is 12.5 Å². The van der Waals surface area contributed by atoms with Crippen LogP contribution >= 0.6 is 0 Å². The van der Waals surface area contributed by atoms with Crippen LogP contribution in [-0.4, -0.2) is 37.7 Å². The van der Waals surface area contributed by atoms with E-state index >= 15 is 0 Å². The van der Waals surface area contributed by atoms with E-state index in [2.05, 4.69) is 5.32 Å². The Bertz CT molecular complexity index is 575. The molecule has 126 valence electrons. The molecular weight excluding hydrogens is 313 g/mol. The predicted octanol–water partition coefficient (Wildman–Crippen LogP) is 1.74. The summed E-state index contributed by atoms with van der Waals surface area (Å²) >= 11 is 0. The number of hydrogen-bond donors (Lipinski definition) is 2. The molecule has 0 fully saturated rings. The zero-order chi connectivity index (χ0) is 16.9. The smallest absolute Gasteiger partial charge is 0.405 e. The maximum Gasteiger partial charge on any atom is 0.405 e. The van der Waals surface area contributed by atoms with Gasteiger partial charge in [0.25, 0.3) is 0 Å². The quantitative estimate of drug-likeness (QED) is 0.808. The molecule has 0 radical (unpaired) electrons. The second kappa shape index (κ2) is 7.34. The van der Waals surface area contributed by atoms with Gasteiger partial charge in [-0.1, -0.05) is 18.2 Å². The van der Waals surface area contributed by atoms with Crippen LogP contribution in [0.25, 0.3) is 0 Å². The van der Waals surface area contributed by atoms with Gasteiger partial charge in [-0.2, -0.15) is 13.2 Å². The molecule has 1 aliphatic rings. The van der Waals surface area contributed by atoms with E-state index < -0.39 is 31.0 Å². The second-order valence-corrected chi connectivity index (χ2v) is 5.24. The number of nitrogens with one attached hydrogen (secondary N) is 2. The van der Waals surface area contributed by atoms with E-state index in [1.165, 1.54) is 0 Å². The van der Waals surface area contributed by atoms with Gasteiger partial charge >= 0.3 is 6.18 Å². The molecule has 1 aromatic rings. The van der Waals surface area contributed by atoms with Gasteiger partial charge in [-0.15, -0.1) is 0 Å². The lowest BCUT2D eigenvalue weighted by Gasteiger charge is -2.26. The fourth-order valence-electron chi connectivity index (χ4n) is 2.33. The summed E-state index contributed by atoms with van der Waals surface area (Å²) in [6, 6.07) is 7.47. The maximum absolute atomic E-state index is 12.0. The summed E-state index contributed by atoms with van der Waals surface area (Å²) in [4.78, 5) is 22.9. The largest absolute Gasteiger partial charge is 0.493 e. The summed E-state index contributed by atoms with van der Waals surface area (Å²) in [6.07, 6.45) is -4.39. The average Bonchev–Trinajstić information content (AvgIpc) is 2.50. The molecule has 0 saturated heterocycles. The van der Waals surface area contributed by atoms with Crippen LogP contribution in [0.3, 0.4) is 0 Å². The first-order valence-corrected chi connectivity index (χ1v) is 7.17. The lowest BCUT2D eigenvalue weighted by molar-refractivity contribution is -0.140. The van der Waals surface area contributed by atoms with Crippen LogP contribution in [0, 0.1) is 0 Å². The molecule has 1 aliphatic heterocycles. The Morgan fingerprint density at radius 3 is 2.61 bits per heavy atom. The van der Waals surface area contributed by atoms with Crippen molar-refractivity contribution in [1.82, 2.24) is 10.6 Å². The molecule has 1 heterocycles. The third kappa shape index (κ3) is 5.46. The van der Waals surface area contributed by atoms with Crippen LogP contribution in [0.5, 0.6) is 5.75 Å². The first-order valence-electron chi connectivity index (χ1n) is 7.17. The summed E-state index contributed by atoms with van der Waals surface area (Å²) in [6.45, 7) is -0.595. The Kier molecular flexibility index (Phi) is 5.46. The Morgan fingerprint density at radius 1 is 1.17 bits per heavy atom. The van der Waals surface area contributed by atoms with E-state index in [0.717, 1.165) is 17.7 Å². The fraction of sp³-hybridized carbons (Fsp3) is 0.467. The highest BCUT2D eigenvalue weighted by Crippen LogP contribution is 2.32. The molecule has 0 spiro atoms. The van der Waals surface area contributed by atoms with Gasteiger partial charge in [-0.3, -0.25) is 9.59 Å². The number of hydrogen-bond acceptors (Lipinski definition) is 3. The molecular formula is C15H17F3N2O3. The van der Waals surface area contributed by atoms with Crippen molar-refractivity contribution in [1.29, 1.82) is 0 Å². The Morgan fingerprint density at radius 2 is 1.87 bits per heavy atom. The topological polar surface area (TPSA) is 67.4 Å². The molecule has 0 saturated carbocycles. The molecule has 23 heavy (non-hydrogen) atoms. The second-order valence-electron chi connectivity index (χ2n) is 5.24. The lowest BCUT2D eigenvalue weighted by Crippen LogP contribution is -2.38. The number of fused-ring (bicyclic) bond motifs is 1. The molecule has 2 N–H and O–H groups in total. The average molecular weight is 330 g/mol. The van der Waals surface area contributed by atoms with Crippen molar-refractivity contribution in [2.24, 2.45) is 0 Å². The first-order chi connectivity index (χ1) is 10.8. The number of para-hydroxylation sites is 1. The van der Waals surface area contributed by atoms with Crippen molar-refractivity contribution in [3.8, 4) is 5.75 Å². The van der Waals surface area contributed by atoms with E-state index in [9.17, 15) is 22.8 Å². The van der Waals surface area contributed by atoms with Crippen LogP contribution in [-0.2, 0) is 9.59 Å². The van der Waals surface area contributed by atoms with Gasteiger partial charge in [0.1, 0.15) is 18.7 Å². The minimum atomic E-state index is -4.49. The maximum atomic E-state index is 12.0. The SMILES string of the molecule is O=C(CC(=O)NCC(F)(F)F)NC[C@@H]1CCOc2ccccc21. The Labute approximate surface area is 131 Å². The van der Waals surface area contributed by atoms with Crippen molar-refractivity contribution in [2.45, 2.75) is 24.9 Å². The van der Waals surface area contributed by atoms with Gasteiger partial charge in [0.2, 0.25) is 11.8 Å². The normalized spacial score (nSPS) is 16.9. The van der Waals surface area contributed by atoms with Crippen LogP contribution < -0.4 is 15.4 Å². The first kappa shape index (κ1) is 17.1. The van der Waals surface area contributed by atoms with Crippen molar-refractivity contribution in [3.05, 3.63) is 29.8 Å². The fourth-order valence-corrected chi connectivity index (χ4v) is 2.33. The Hall–Kier alpha value is -2.25. The van der Waals surface area contributed by atoms with Crippen LogP contribution in [0.4, 0.5) is 13.2 Å². The lowest BCUT2D eigenvalue weighted by atomic mass is 9.93. The van der Waals surface area contributed by atoms with Crippen molar-refractivity contribution in [3.63, 3.8) is 0 Å². The number of amides is 2. The molecule has 2 amide bonds. The molecule has 5 nitrogen and oxygen atoms in total. The zero-order valence-electron chi connectivity index (χ0n) is 12.3. The predicted molar refractivity (Wildman–Crippen MR) is 76.0 cm³/mol. The van der Waals surface area contributed by atoms with Crippen LogP contribution in [0.1, 0.15) is 24.3 Å². The van der Waals surface area contributed by atoms with E-state index in [1.54, 1.807) is 5.32 Å². The third-order valence-electron chi connectivity index (χ3n) is 3.44. The van der Waals surface area contributed by atoms with E-state index in [0.29, 0.717) is 13.2 Å². The molecule has 2 rings (SSSR count). The molecule has 1 atom stereocenters. The number of alkyl halides is 3.